The highest BCUT2D eigenvalue weighted by molar-refractivity contribution is 7.98. The molecular weight excluding hydrogens is 206 g/mol. The Bertz CT molecular complexity index is 143. The number of rotatable bonds is 7. The van der Waals surface area contributed by atoms with Crippen LogP contribution in [0.5, 0.6) is 0 Å². The summed E-state index contributed by atoms with van der Waals surface area (Å²) in [6.07, 6.45) is 10.1. The number of hydrogen-bond acceptors (Lipinski definition) is 3. The van der Waals surface area contributed by atoms with E-state index in [0.29, 0.717) is 12.6 Å². The van der Waals surface area contributed by atoms with Crippen LogP contribution in [-0.4, -0.2) is 36.3 Å². The predicted molar refractivity (Wildman–Crippen MR) is 68.5 cm³/mol. The fourth-order valence-corrected chi connectivity index (χ4v) is 3.01. The maximum absolute atomic E-state index is 8.95. The highest BCUT2D eigenvalue weighted by atomic mass is 32.2. The minimum absolute atomic E-state index is 0.308. The summed E-state index contributed by atoms with van der Waals surface area (Å²) in [6, 6.07) is 0.506. The lowest BCUT2D eigenvalue weighted by atomic mass is 9.89. The van der Waals surface area contributed by atoms with Gasteiger partial charge in [-0.3, -0.25) is 0 Å². The van der Waals surface area contributed by atoms with E-state index in [4.69, 9.17) is 5.11 Å². The third-order valence-corrected chi connectivity index (χ3v) is 4.00. The molecule has 1 saturated carbocycles. The van der Waals surface area contributed by atoms with Crippen LogP contribution in [0.15, 0.2) is 0 Å². The van der Waals surface area contributed by atoms with Crippen LogP contribution in [0.4, 0.5) is 0 Å². The third-order valence-electron chi connectivity index (χ3n) is 3.27. The second-order valence-corrected chi connectivity index (χ2v) is 5.49. The molecule has 0 aromatic heterocycles. The van der Waals surface area contributed by atoms with Gasteiger partial charge in [0.05, 0.1) is 0 Å². The van der Waals surface area contributed by atoms with Gasteiger partial charge in [0, 0.05) is 18.4 Å². The van der Waals surface area contributed by atoms with Crippen LogP contribution in [0.3, 0.4) is 0 Å². The molecule has 0 aromatic carbocycles. The topological polar surface area (TPSA) is 32.3 Å². The molecule has 90 valence electrons. The van der Waals surface area contributed by atoms with Gasteiger partial charge in [-0.25, -0.2) is 0 Å². The van der Waals surface area contributed by atoms with Gasteiger partial charge < -0.3 is 10.4 Å². The summed E-state index contributed by atoms with van der Waals surface area (Å²) in [7, 11) is 0. The lowest BCUT2D eigenvalue weighted by Crippen LogP contribution is -2.36. The maximum Gasteiger partial charge on any atom is 0.0446 e. The van der Waals surface area contributed by atoms with E-state index in [1.165, 1.54) is 32.1 Å². The summed E-state index contributed by atoms with van der Waals surface area (Å²) in [6.45, 7) is 1.47. The van der Waals surface area contributed by atoms with Gasteiger partial charge in [0.2, 0.25) is 0 Å². The molecule has 0 bridgehead atoms. The molecule has 0 aromatic rings. The van der Waals surface area contributed by atoms with Gasteiger partial charge in [0.15, 0.2) is 0 Å². The van der Waals surface area contributed by atoms with Crippen LogP contribution in [0, 0.1) is 5.92 Å². The van der Waals surface area contributed by atoms with Crippen LogP contribution in [0.1, 0.15) is 38.5 Å². The van der Waals surface area contributed by atoms with Crippen LogP contribution >= 0.6 is 11.8 Å². The zero-order valence-corrected chi connectivity index (χ0v) is 10.7. The highest BCUT2D eigenvalue weighted by Gasteiger charge is 2.15. The molecule has 0 aliphatic heterocycles. The van der Waals surface area contributed by atoms with E-state index in [1.807, 2.05) is 11.8 Å². The van der Waals surface area contributed by atoms with Crippen molar-refractivity contribution in [3.63, 3.8) is 0 Å². The Balaban J connectivity index is 2.13. The average Bonchev–Trinajstić information content (AvgIpc) is 2.28. The average molecular weight is 231 g/mol. The molecule has 1 rings (SSSR count). The molecule has 1 atom stereocenters. The van der Waals surface area contributed by atoms with Crippen molar-refractivity contribution in [2.45, 2.75) is 44.6 Å². The van der Waals surface area contributed by atoms with E-state index < -0.39 is 0 Å². The molecule has 0 radical (unpaired) electrons. The smallest absolute Gasteiger partial charge is 0.0446 e. The standard InChI is InChI=1S/C12H25NOS/c1-15-10-12(7-8-14)13-9-11-5-3-2-4-6-11/h11-14H,2-10H2,1H3. The first-order chi connectivity index (χ1) is 7.36. The monoisotopic (exact) mass is 231 g/mol. The van der Waals surface area contributed by atoms with Crippen molar-refractivity contribution in [1.82, 2.24) is 5.32 Å². The first kappa shape index (κ1) is 13.3. The second-order valence-electron chi connectivity index (χ2n) is 4.58. The van der Waals surface area contributed by atoms with E-state index in [2.05, 4.69) is 11.6 Å². The van der Waals surface area contributed by atoms with E-state index >= 15 is 0 Å². The fourth-order valence-electron chi connectivity index (χ4n) is 2.33. The van der Waals surface area contributed by atoms with Crippen molar-refractivity contribution in [2.24, 2.45) is 5.92 Å². The normalized spacial score (nSPS) is 20.4. The molecule has 0 saturated heterocycles. The lowest BCUT2D eigenvalue weighted by Gasteiger charge is -2.25. The maximum atomic E-state index is 8.95. The van der Waals surface area contributed by atoms with Crippen molar-refractivity contribution in [2.75, 3.05) is 25.2 Å². The lowest BCUT2D eigenvalue weighted by molar-refractivity contribution is 0.261. The summed E-state index contributed by atoms with van der Waals surface area (Å²) < 4.78 is 0. The third kappa shape index (κ3) is 5.79. The van der Waals surface area contributed by atoms with Gasteiger partial charge in [0.25, 0.3) is 0 Å². The van der Waals surface area contributed by atoms with Gasteiger partial charge in [-0.1, -0.05) is 19.3 Å². The Kier molecular flexibility index (Phi) is 7.49. The zero-order chi connectivity index (χ0) is 10.9. The molecule has 1 aliphatic rings. The fraction of sp³-hybridized carbons (Fsp3) is 1.00. The summed E-state index contributed by atoms with van der Waals surface area (Å²) in [5.74, 6) is 2.01. The van der Waals surface area contributed by atoms with Gasteiger partial charge in [-0.15, -0.1) is 0 Å². The molecule has 0 amide bonds. The van der Waals surface area contributed by atoms with Crippen molar-refractivity contribution in [1.29, 1.82) is 0 Å². The number of aliphatic hydroxyl groups excluding tert-OH is 1. The van der Waals surface area contributed by atoms with Crippen molar-refractivity contribution >= 4 is 11.8 Å². The molecule has 0 spiro atoms. The Morgan fingerprint density at radius 1 is 1.33 bits per heavy atom. The quantitative estimate of drug-likeness (QED) is 0.705. The summed E-state index contributed by atoms with van der Waals surface area (Å²) in [4.78, 5) is 0. The van der Waals surface area contributed by atoms with Gasteiger partial charge in [0.1, 0.15) is 0 Å². The molecule has 15 heavy (non-hydrogen) atoms. The largest absolute Gasteiger partial charge is 0.396 e. The van der Waals surface area contributed by atoms with Crippen LogP contribution < -0.4 is 5.32 Å². The van der Waals surface area contributed by atoms with Crippen molar-refractivity contribution in [3.05, 3.63) is 0 Å². The molecule has 1 unspecified atom stereocenters. The predicted octanol–water partition coefficient (Wildman–Crippen LogP) is 2.27. The van der Waals surface area contributed by atoms with Crippen molar-refractivity contribution in [3.8, 4) is 0 Å². The number of hydrogen-bond donors (Lipinski definition) is 2. The minimum atomic E-state index is 0.308. The molecule has 1 aliphatic carbocycles. The van der Waals surface area contributed by atoms with Gasteiger partial charge in [-0.05, 0) is 38.0 Å². The summed E-state index contributed by atoms with van der Waals surface area (Å²) in [5, 5.41) is 12.6. The second kappa shape index (κ2) is 8.43. The molecule has 2 nitrogen and oxygen atoms in total. The molecule has 0 heterocycles. The summed E-state index contributed by atoms with van der Waals surface area (Å²) in [5.41, 5.74) is 0. The van der Waals surface area contributed by atoms with Gasteiger partial charge in [-0.2, -0.15) is 11.8 Å². The van der Waals surface area contributed by atoms with E-state index in [-0.39, 0.29) is 0 Å². The van der Waals surface area contributed by atoms with E-state index in [1.54, 1.807) is 0 Å². The zero-order valence-electron chi connectivity index (χ0n) is 9.87. The van der Waals surface area contributed by atoms with Crippen LogP contribution in [0.25, 0.3) is 0 Å². The molecule has 3 heteroatoms. The summed E-state index contributed by atoms with van der Waals surface area (Å²) >= 11 is 1.86. The number of aliphatic hydroxyl groups is 1. The Hall–Kier alpha value is 0.270. The Labute approximate surface area is 98.2 Å². The Morgan fingerprint density at radius 2 is 2.07 bits per heavy atom. The van der Waals surface area contributed by atoms with Crippen LogP contribution in [-0.2, 0) is 0 Å². The first-order valence-electron chi connectivity index (χ1n) is 6.20. The van der Waals surface area contributed by atoms with Gasteiger partial charge >= 0.3 is 0 Å². The highest BCUT2D eigenvalue weighted by Crippen LogP contribution is 2.23. The van der Waals surface area contributed by atoms with Crippen LogP contribution in [0.2, 0.25) is 0 Å². The first-order valence-corrected chi connectivity index (χ1v) is 7.59. The Morgan fingerprint density at radius 3 is 2.67 bits per heavy atom. The molecule has 2 N–H and O–H groups in total. The minimum Gasteiger partial charge on any atom is -0.396 e. The number of thioether (sulfide) groups is 1. The SMILES string of the molecule is CSCC(CCO)NCC1CCCCC1. The number of nitrogens with one attached hydrogen (secondary N) is 1. The molecular formula is C12H25NOS. The van der Waals surface area contributed by atoms with E-state index in [0.717, 1.165) is 24.6 Å². The molecule has 1 fully saturated rings. The van der Waals surface area contributed by atoms with Crippen molar-refractivity contribution < 1.29 is 5.11 Å². The van der Waals surface area contributed by atoms with E-state index in [9.17, 15) is 0 Å².